The average Bonchev–Trinajstić information content (AvgIpc) is 3.44. The number of carbonyl (C=O) groups is 1. The van der Waals surface area contributed by atoms with E-state index in [1.165, 1.54) is 17.4 Å². The van der Waals surface area contributed by atoms with Gasteiger partial charge < -0.3 is 19.5 Å². The molecule has 31 heavy (non-hydrogen) atoms. The van der Waals surface area contributed by atoms with E-state index in [-0.39, 0.29) is 11.6 Å². The maximum Gasteiger partial charge on any atom is 0.265 e. The number of halogens is 1. The fourth-order valence-corrected chi connectivity index (χ4v) is 4.77. The SMILES string of the molecule is Cc1cn2cc(NC(=O)c3cc4cnc(N5CC[C@@H](N(C)C)C5)nc4s3)cc(F)c2n1. The number of pyridine rings is 1. The molecule has 1 amide bonds. The highest BCUT2D eigenvalue weighted by molar-refractivity contribution is 7.20. The van der Waals surface area contributed by atoms with E-state index in [1.54, 1.807) is 36.0 Å². The third-order valence-electron chi connectivity index (χ3n) is 5.55. The molecule has 10 heteroatoms. The second-order valence-electron chi connectivity index (χ2n) is 8.04. The first-order chi connectivity index (χ1) is 14.9. The molecule has 0 bridgehead atoms. The largest absolute Gasteiger partial charge is 0.339 e. The molecular weight excluding hydrogens is 417 g/mol. The Morgan fingerprint density at radius 1 is 1.29 bits per heavy atom. The van der Waals surface area contributed by atoms with E-state index < -0.39 is 5.82 Å². The predicted molar refractivity (Wildman–Crippen MR) is 120 cm³/mol. The number of rotatable bonds is 4. The number of carbonyl (C=O) groups excluding carboxylic acids is 1. The molecule has 1 N–H and O–H groups in total. The summed E-state index contributed by atoms with van der Waals surface area (Å²) in [6.45, 7) is 3.59. The summed E-state index contributed by atoms with van der Waals surface area (Å²) in [5.74, 6) is -0.109. The molecule has 0 aromatic carbocycles. The molecule has 5 rings (SSSR count). The summed E-state index contributed by atoms with van der Waals surface area (Å²) in [6, 6.07) is 3.53. The molecule has 0 radical (unpaired) electrons. The number of hydrogen-bond donors (Lipinski definition) is 1. The number of aromatic nitrogens is 4. The zero-order valence-corrected chi connectivity index (χ0v) is 18.3. The minimum atomic E-state index is -0.487. The van der Waals surface area contributed by atoms with E-state index in [1.807, 2.05) is 0 Å². The molecule has 0 saturated carbocycles. The first kappa shape index (κ1) is 19.8. The summed E-state index contributed by atoms with van der Waals surface area (Å²) in [4.78, 5) is 31.7. The van der Waals surface area contributed by atoms with Gasteiger partial charge in [-0.25, -0.2) is 19.3 Å². The minimum absolute atomic E-state index is 0.235. The molecule has 0 spiro atoms. The van der Waals surface area contributed by atoms with Gasteiger partial charge >= 0.3 is 0 Å². The van der Waals surface area contributed by atoms with Crippen molar-refractivity contribution in [3.63, 3.8) is 0 Å². The summed E-state index contributed by atoms with van der Waals surface area (Å²) in [6.07, 6.45) is 6.19. The number of hydrogen-bond acceptors (Lipinski definition) is 7. The zero-order chi connectivity index (χ0) is 21.7. The number of aryl methyl sites for hydroxylation is 1. The first-order valence-corrected chi connectivity index (χ1v) is 10.8. The van der Waals surface area contributed by atoms with Gasteiger partial charge in [-0.1, -0.05) is 0 Å². The van der Waals surface area contributed by atoms with Crippen molar-refractivity contribution in [2.45, 2.75) is 19.4 Å². The fourth-order valence-electron chi connectivity index (χ4n) is 3.87. The summed E-state index contributed by atoms with van der Waals surface area (Å²) in [5.41, 5.74) is 1.30. The van der Waals surface area contributed by atoms with Crippen molar-refractivity contribution in [2.24, 2.45) is 0 Å². The molecule has 160 valence electrons. The standard InChI is InChI=1S/C21H22FN7OS/c1-12-9-29-10-14(7-16(22)18(29)24-12)25-19(30)17-6-13-8-23-21(26-20(13)31-17)28-5-4-15(11-28)27(2)3/h6-10,15H,4-5,11H2,1-3H3,(H,25,30)/t15-/m1/s1. The number of anilines is 2. The van der Waals surface area contributed by atoms with Crippen LogP contribution in [0.3, 0.4) is 0 Å². The highest BCUT2D eigenvalue weighted by atomic mass is 32.1. The lowest BCUT2D eigenvalue weighted by atomic mass is 10.2. The van der Waals surface area contributed by atoms with Crippen molar-refractivity contribution >= 4 is 44.7 Å². The molecule has 8 nitrogen and oxygen atoms in total. The Hall–Kier alpha value is -3.11. The lowest BCUT2D eigenvalue weighted by Gasteiger charge is -2.20. The van der Waals surface area contributed by atoms with Crippen LogP contribution in [0.1, 0.15) is 21.8 Å². The van der Waals surface area contributed by atoms with Gasteiger partial charge in [0, 0.05) is 49.2 Å². The highest BCUT2D eigenvalue weighted by Gasteiger charge is 2.26. The fraction of sp³-hybridized carbons (Fsp3) is 0.333. The number of imidazole rings is 1. The smallest absolute Gasteiger partial charge is 0.265 e. The second-order valence-corrected chi connectivity index (χ2v) is 9.07. The number of nitrogens with zero attached hydrogens (tertiary/aromatic N) is 6. The predicted octanol–water partition coefficient (Wildman–Crippen LogP) is 3.18. The van der Waals surface area contributed by atoms with Crippen LogP contribution in [0.2, 0.25) is 0 Å². The molecule has 1 saturated heterocycles. The lowest BCUT2D eigenvalue weighted by molar-refractivity contribution is 0.103. The number of likely N-dealkylation sites (N-methyl/N-ethyl adjacent to an activating group) is 1. The van der Waals surface area contributed by atoms with Crippen LogP contribution in [0.15, 0.2) is 30.7 Å². The van der Waals surface area contributed by atoms with Crippen LogP contribution < -0.4 is 10.2 Å². The van der Waals surface area contributed by atoms with Crippen molar-refractivity contribution in [1.82, 2.24) is 24.3 Å². The van der Waals surface area contributed by atoms with Gasteiger partial charge in [0.15, 0.2) is 11.5 Å². The normalized spacial score (nSPS) is 16.7. The van der Waals surface area contributed by atoms with E-state index >= 15 is 0 Å². The van der Waals surface area contributed by atoms with Crippen molar-refractivity contribution in [1.29, 1.82) is 0 Å². The van der Waals surface area contributed by atoms with Gasteiger partial charge in [0.1, 0.15) is 4.83 Å². The van der Waals surface area contributed by atoms with E-state index in [4.69, 9.17) is 0 Å². The number of nitrogens with one attached hydrogen (secondary N) is 1. The van der Waals surface area contributed by atoms with Crippen molar-refractivity contribution < 1.29 is 9.18 Å². The molecule has 1 atom stereocenters. The van der Waals surface area contributed by atoms with Crippen LogP contribution in [0.25, 0.3) is 15.9 Å². The van der Waals surface area contributed by atoms with Crippen LogP contribution >= 0.6 is 11.3 Å². The van der Waals surface area contributed by atoms with Crippen LogP contribution in [-0.4, -0.2) is 63.4 Å². The molecule has 5 heterocycles. The third-order valence-corrected chi connectivity index (χ3v) is 6.59. The quantitative estimate of drug-likeness (QED) is 0.526. The Balaban J connectivity index is 1.37. The van der Waals surface area contributed by atoms with E-state index in [0.29, 0.717) is 28.2 Å². The maximum absolute atomic E-state index is 14.3. The van der Waals surface area contributed by atoms with Crippen LogP contribution in [0, 0.1) is 12.7 Å². The van der Waals surface area contributed by atoms with E-state index in [0.717, 1.165) is 29.7 Å². The molecule has 4 aromatic heterocycles. The van der Waals surface area contributed by atoms with Gasteiger partial charge in [-0.15, -0.1) is 11.3 Å². The van der Waals surface area contributed by atoms with Crippen LogP contribution in [0.5, 0.6) is 0 Å². The highest BCUT2D eigenvalue weighted by Crippen LogP contribution is 2.27. The topological polar surface area (TPSA) is 78.7 Å². The van der Waals surface area contributed by atoms with Crippen molar-refractivity contribution in [3.8, 4) is 0 Å². The van der Waals surface area contributed by atoms with Gasteiger partial charge in [0.25, 0.3) is 5.91 Å². The van der Waals surface area contributed by atoms with Crippen LogP contribution in [-0.2, 0) is 0 Å². The molecule has 1 aliphatic heterocycles. The maximum atomic E-state index is 14.3. The van der Waals surface area contributed by atoms with Gasteiger partial charge in [0.05, 0.1) is 16.3 Å². The number of thiophene rings is 1. The Bertz CT molecular complexity index is 1300. The Morgan fingerprint density at radius 2 is 2.13 bits per heavy atom. The Morgan fingerprint density at radius 3 is 2.90 bits per heavy atom. The Kier molecular flexibility index (Phi) is 4.82. The molecule has 1 aliphatic rings. The van der Waals surface area contributed by atoms with Gasteiger partial charge in [0.2, 0.25) is 5.95 Å². The third kappa shape index (κ3) is 3.72. The van der Waals surface area contributed by atoms with Crippen LogP contribution in [0.4, 0.5) is 16.0 Å². The number of fused-ring (bicyclic) bond motifs is 2. The lowest BCUT2D eigenvalue weighted by Crippen LogP contribution is -2.32. The van der Waals surface area contributed by atoms with E-state index in [2.05, 4.69) is 44.2 Å². The summed E-state index contributed by atoms with van der Waals surface area (Å²) >= 11 is 1.30. The second kappa shape index (κ2) is 7.54. The summed E-state index contributed by atoms with van der Waals surface area (Å²) in [7, 11) is 4.17. The van der Waals surface area contributed by atoms with Gasteiger partial charge in [-0.2, -0.15) is 0 Å². The Labute approximate surface area is 182 Å². The average molecular weight is 440 g/mol. The van der Waals surface area contributed by atoms with Crippen molar-refractivity contribution in [3.05, 3.63) is 47.1 Å². The molecular formula is C21H22FN7OS. The van der Waals surface area contributed by atoms with Gasteiger partial charge in [-0.05, 0) is 33.5 Å². The molecule has 1 fully saturated rings. The molecule has 4 aromatic rings. The monoisotopic (exact) mass is 439 g/mol. The number of amides is 1. The summed E-state index contributed by atoms with van der Waals surface area (Å²) in [5, 5.41) is 3.58. The van der Waals surface area contributed by atoms with Gasteiger partial charge in [-0.3, -0.25) is 4.79 Å². The zero-order valence-electron chi connectivity index (χ0n) is 17.5. The first-order valence-electron chi connectivity index (χ1n) is 10.0. The minimum Gasteiger partial charge on any atom is -0.339 e. The molecule has 0 aliphatic carbocycles. The molecule has 0 unspecified atom stereocenters. The van der Waals surface area contributed by atoms with Crippen molar-refractivity contribution in [2.75, 3.05) is 37.4 Å². The van der Waals surface area contributed by atoms with E-state index in [9.17, 15) is 9.18 Å². The summed E-state index contributed by atoms with van der Waals surface area (Å²) < 4.78 is 15.9.